The van der Waals surface area contributed by atoms with E-state index in [0.29, 0.717) is 0 Å². The Balaban J connectivity index is 1.90. The number of aromatic nitrogens is 1. The summed E-state index contributed by atoms with van der Waals surface area (Å²) >= 11 is 0. The van der Waals surface area contributed by atoms with Crippen molar-refractivity contribution in [3.63, 3.8) is 0 Å². The van der Waals surface area contributed by atoms with Crippen LogP contribution in [-0.2, 0) is 6.42 Å². The predicted octanol–water partition coefficient (Wildman–Crippen LogP) is 3.18. The highest BCUT2D eigenvalue weighted by Crippen LogP contribution is 2.10. The van der Waals surface area contributed by atoms with E-state index in [1.165, 1.54) is 23.4 Å². The molecule has 0 saturated heterocycles. The zero-order valence-corrected chi connectivity index (χ0v) is 9.78. The molecule has 2 rings (SSSR count). The normalized spacial score (nSPS) is 10.2. The molecule has 1 aromatic carbocycles. The first kappa shape index (κ1) is 11.6. The van der Waals surface area contributed by atoms with Crippen LogP contribution in [0.25, 0.3) is 0 Å². The number of anilines is 1. The molecule has 2 aromatic rings. The third-order valence-corrected chi connectivity index (χ3v) is 2.71. The van der Waals surface area contributed by atoms with Gasteiger partial charge in [-0.1, -0.05) is 24.3 Å². The molecule has 0 aliphatic carbocycles. The maximum atomic E-state index is 12.8. The van der Waals surface area contributed by atoms with E-state index >= 15 is 0 Å². The molecule has 0 fully saturated rings. The number of hydrogen-bond donors (Lipinski definition) is 1. The van der Waals surface area contributed by atoms with E-state index in [2.05, 4.69) is 29.4 Å². The van der Waals surface area contributed by atoms with Crippen LogP contribution in [0.5, 0.6) is 0 Å². The molecule has 88 valence electrons. The second-order valence-corrected chi connectivity index (χ2v) is 3.97. The molecule has 1 aromatic heterocycles. The standard InChI is InChI=1S/C14H15FN2/c1-11-4-2-3-5-12(11)6-8-16-13-7-9-17-14(15)10-13/h2-5,7,9-10H,6,8H2,1H3,(H,16,17). The first-order valence-electron chi connectivity index (χ1n) is 5.65. The van der Waals surface area contributed by atoms with Crippen molar-refractivity contribution in [2.45, 2.75) is 13.3 Å². The van der Waals surface area contributed by atoms with Crippen molar-refractivity contribution >= 4 is 5.69 Å². The number of halogens is 1. The van der Waals surface area contributed by atoms with Crippen molar-refractivity contribution in [1.29, 1.82) is 0 Å². The highest BCUT2D eigenvalue weighted by atomic mass is 19.1. The van der Waals surface area contributed by atoms with Gasteiger partial charge in [0.05, 0.1) is 0 Å². The van der Waals surface area contributed by atoms with Crippen molar-refractivity contribution in [3.05, 3.63) is 59.7 Å². The summed E-state index contributed by atoms with van der Waals surface area (Å²) in [5.74, 6) is -0.453. The van der Waals surface area contributed by atoms with E-state index in [1.54, 1.807) is 6.07 Å². The van der Waals surface area contributed by atoms with Gasteiger partial charge in [-0.15, -0.1) is 0 Å². The van der Waals surface area contributed by atoms with Gasteiger partial charge in [0.15, 0.2) is 0 Å². The van der Waals surface area contributed by atoms with Gasteiger partial charge in [-0.25, -0.2) is 4.98 Å². The van der Waals surface area contributed by atoms with E-state index in [9.17, 15) is 4.39 Å². The first-order valence-corrected chi connectivity index (χ1v) is 5.65. The van der Waals surface area contributed by atoms with Crippen LogP contribution in [-0.4, -0.2) is 11.5 Å². The van der Waals surface area contributed by atoms with Gasteiger partial charge in [0.25, 0.3) is 0 Å². The average Bonchev–Trinajstić information content (AvgIpc) is 2.32. The number of hydrogen-bond acceptors (Lipinski definition) is 2. The Hall–Kier alpha value is -1.90. The van der Waals surface area contributed by atoms with E-state index in [0.717, 1.165) is 18.7 Å². The van der Waals surface area contributed by atoms with Crippen LogP contribution in [0.2, 0.25) is 0 Å². The summed E-state index contributed by atoms with van der Waals surface area (Å²) in [4.78, 5) is 3.51. The fourth-order valence-corrected chi connectivity index (χ4v) is 1.74. The summed E-state index contributed by atoms with van der Waals surface area (Å²) in [7, 11) is 0. The molecule has 0 spiro atoms. The first-order chi connectivity index (χ1) is 8.25. The largest absolute Gasteiger partial charge is 0.385 e. The number of rotatable bonds is 4. The van der Waals surface area contributed by atoms with E-state index < -0.39 is 5.95 Å². The van der Waals surface area contributed by atoms with E-state index in [-0.39, 0.29) is 0 Å². The predicted molar refractivity (Wildman–Crippen MR) is 67.6 cm³/mol. The molecule has 3 heteroatoms. The summed E-state index contributed by atoms with van der Waals surface area (Å²) in [6.45, 7) is 2.88. The zero-order valence-electron chi connectivity index (χ0n) is 9.78. The molecule has 2 nitrogen and oxygen atoms in total. The molecule has 0 aliphatic heterocycles. The highest BCUT2D eigenvalue weighted by molar-refractivity contribution is 5.41. The molecule has 17 heavy (non-hydrogen) atoms. The number of benzene rings is 1. The van der Waals surface area contributed by atoms with E-state index in [4.69, 9.17) is 0 Å². The van der Waals surface area contributed by atoms with Gasteiger partial charge in [0.1, 0.15) is 0 Å². The van der Waals surface area contributed by atoms with Crippen LogP contribution in [0.3, 0.4) is 0 Å². The molecular weight excluding hydrogens is 215 g/mol. The van der Waals surface area contributed by atoms with Gasteiger partial charge in [0, 0.05) is 24.5 Å². The summed E-state index contributed by atoms with van der Waals surface area (Å²) in [6.07, 6.45) is 2.39. The van der Waals surface area contributed by atoms with Crippen molar-refractivity contribution in [2.75, 3.05) is 11.9 Å². The zero-order chi connectivity index (χ0) is 12.1. The lowest BCUT2D eigenvalue weighted by atomic mass is 10.1. The molecule has 0 amide bonds. The van der Waals surface area contributed by atoms with Gasteiger partial charge in [-0.3, -0.25) is 0 Å². The number of nitrogens with one attached hydrogen (secondary N) is 1. The monoisotopic (exact) mass is 230 g/mol. The minimum absolute atomic E-state index is 0.453. The quantitative estimate of drug-likeness (QED) is 0.816. The lowest BCUT2D eigenvalue weighted by Crippen LogP contribution is -2.06. The molecule has 0 atom stereocenters. The number of nitrogens with zero attached hydrogens (tertiary/aromatic N) is 1. The number of pyridine rings is 1. The fraction of sp³-hybridized carbons (Fsp3) is 0.214. The SMILES string of the molecule is Cc1ccccc1CCNc1ccnc(F)c1. The average molecular weight is 230 g/mol. The Bertz CT molecular complexity index is 497. The topological polar surface area (TPSA) is 24.9 Å². The second-order valence-electron chi connectivity index (χ2n) is 3.97. The second kappa shape index (κ2) is 5.43. The van der Waals surface area contributed by atoms with Crippen LogP contribution in [0.4, 0.5) is 10.1 Å². The van der Waals surface area contributed by atoms with Crippen LogP contribution < -0.4 is 5.32 Å². The molecule has 0 aliphatic rings. The maximum Gasteiger partial charge on any atom is 0.214 e. The van der Waals surface area contributed by atoms with Crippen molar-refractivity contribution in [3.8, 4) is 0 Å². The summed E-state index contributed by atoms with van der Waals surface area (Å²) in [6, 6.07) is 11.4. The lowest BCUT2D eigenvalue weighted by Gasteiger charge is -2.08. The van der Waals surface area contributed by atoms with Gasteiger partial charge in [0.2, 0.25) is 5.95 Å². The van der Waals surface area contributed by atoms with Gasteiger partial charge < -0.3 is 5.32 Å². The molecule has 0 bridgehead atoms. The highest BCUT2D eigenvalue weighted by Gasteiger charge is 1.98. The maximum absolute atomic E-state index is 12.8. The molecule has 0 radical (unpaired) electrons. The minimum Gasteiger partial charge on any atom is -0.385 e. The van der Waals surface area contributed by atoms with Crippen LogP contribution >= 0.6 is 0 Å². The Morgan fingerprint density at radius 1 is 1.24 bits per heavy atom. The van der Waals surface area contributed by atoms with E-state index in [1.807, 2.05) is 12.1 Å². The molecule has 0 saturated carbocycles. The molecule has 1 N–H and O–H groups in total. The summed E-state index contributed by atoms with van der Waals surface area (Å²) in [5, 5.41) is 3.18. The fourth-order valence-electron chi connectivity index (χ4n) is 1.74. The van der Waals surface area contributed by atoms with Crippen LogP contribution in [0, 0.1) is 12.9 Å². The Morgan fingerprint density at radius 2 is 2.06 bits per heavy atom. The van der Waals surface area contributed by atoms with Crippen molar-refractivity contribution in [2.24, 2.45) is 0 Å². The van der Waals surface area contributed by atoms with Crippen molar-refractivity contribution in [1.82, 2.24) is 4.98 Å². The number of aryl methyl sites for hydroxylation is 1. The molecule has 0 unspecified atom stereocenters. The van der Waals surface area contributed by atoms with Crippen LogP contribution in [0.15, 0.2) is 42.6 Å². The smallest absolute Gasteiger partial charge is 0.214 e. The van der Waals surface area contributed by atoms with Crippen LogP contribution in [0.1, 0.15) is 11.1 Å². The van der Waals surface area contributed by atoms with Gasteiger partial charge >= 0.3 is 0 Å². The lowest BCUT2D eigenvalue weighted by molar-refractivity contribution is 0.584. The molecule has 1 heterocycles. The summed E-state index contributed by atoms with van der Waals surface area (Å²) < 4.78 is 12.8. The summed E-state index contributed by atoms with van der Waals surface area (Å²) in [5.41, 5.74) is 3.37. The van der Waals surface area contributed by atoms with Crippen molar-refractivity contribution < 1.29 is 4.39 Å². The Labute approximate surface area is 101 Å². The Kier molecular flexibility index (Phi) is 3.70. The van der Waals surface area contributed by atoms with Gasteiger partial charge in [-0.05, 0) is 30.5 Å². The Morgan fingerprint density at radius 3 is 2.82 bits per heavy atom. The minimum atomic E-state index is -0.453. The third kappa shape index (κ3) is 3.28. The molecular formula is C14H15FN2. The third-order valence-electron chi connectivity index (χ3n) is 2.71. The van der Waals surface area contributed by atoms with Gasteiger partial charge in [-0.2, -0.15) is 4.39 Å².